The molecule has 1 aliphatic heterocycles. The van der Waals surface area contributed by atoms with Crippen LogP contribution >= 0.6 is 0 Å². The molecule has 0 aliphatic carbocycles. The summed E-state index contributed by atoms with van der Waals surface area (Å²) < 4.78 is 44.2. The van der Waals surface area contributed by atoms with Crippen LogP contribution in [0.4, 0.5) is 5.69 Å². The fourth-order valence-electron chi connectivity index (χ4n) is 3.91. The Kier molecular flexibility index (Phi) is 6.65. The van der Waals surface area contributed by atoms with Gasteiger partial charge in [-0.2, -0.15) is 0 Å². The maximum Gasteiger partial charge on any atom is 0.261 e. The fourth-order valence-corrected chi connectivity index (χ4v) is 5.01. The van der Waals surface area contributed by atoms with E-state index < -0.39 is 10.0 Å². The molecule has 9 heteroatoms. The van der Waals surface area contributed by atoms with E-state index in [1.165, 1.54) is 19.2 Å². The Balaban J connectivity index is 1.54. The first-order chi connectivity index (χ1) is 16.3. The topological polar surface area (TPSA) is 94.2 Å². The van der Waals surface area contributed by atoms with Crippen LogP contribution in [-0.4, -0.2) is 47.1 Å². The lowest BCUT2D eigenvalue weighted by molar-refractivity contribution is 0.0734. The maximum atomic E-state index is 13.2. The van der Waals surface area contributed by atoms with Crippen molar-refractivity contribution in [3.63, 3.8) is 0 Å². The van der Waals surface area contributed by atoms with Gasteiger partial charge in [0.2, 0.25) is 0 Å². The van der Waals surface area contributed by atoms with Crippen LogP contribution in [-0.2, 0) is 23.0 Å². The minimum absolute atomic E-state index is 0.0120. The number of benzene rings is 3. The van der Waals surface area contributed by atoms with Crippen LogP contribution in [0.15, 0.2) is 65.6 Å². The van der Waals surface area contributed by atoms with Crippen LogP contribution in [0.5, 0.6) is 17.2 Å². The zero-order valence-corrected chi connectivity index (χ0v) is 20.0. The second-order valence-corrected chi connectivity index (χ2v) is 9.50. The summed E-state index contributed by atoms with van der Waals surface area (Å²) in [5.41, 5.74) is 2.78. The van der Waals surface area contributed by atoms with Crippen molar-refractivity contribution in [2.24, 2.45) is 0 Å². The second-order valence-electron chi connectivity index (χ2n) is 7.81. The zero-order valence-electron chi connectivity index (χ0n) is 19.2. The highest BCUT2D eigenvalue weighted by molar-refractivity contribution is 7.92. The number of carbonyl (C=O) groups is 1. The number of ether oxygens (including phenoxy) is 3. The molecule has 1 N–H and O–H groups in total. The summed E-state index contributed by atoms with van der Waals surface area (Å²) in [6.07, 6.45) is 0.665. The molecule has 0 atom stereocenters. The Morgan fingerprint density at radius 3 is 2.21 bits per heavy atom. The lowest BCUT2D eigenvalue weighted by atomic mass is 9.98. The highest BCUT2D eigenvalue weighted by Gasteiger charge is 2.25. The van der Waals surface area contributed by atoms with Crippen LogP contribution in [0.2, 0.25) is 0 Å². The number of carbonyl (C=O) groups excluding carboxylic acids is 1. The summed E-state index contributed by atoms with van der Waals surface area (Å²) in [5, 5.41) is 0. The van der Waals surface area contributed by atoms with Crippen molar-refractivity contribution in [1.82, 2.24) is 4.90 Å². The molecule has 178 valence electrons. The van der Waals surface area contributed by atoms with Crippen molar-refractivity contribution in [2.45, 2.75) is 17.9 Å². The predicted octanol–water partition coefficient (Wildman–Crippen LogP) is 3.71. The van der Waals surface area contributed by atoms with Crippen LogP contribution in [0.3, 0.4) is 0 Å². The smallest absolute Gasteiger partial charge is 0.261 e. The average Bonchev–Trinajstić information content (AvgIpc) is 2.87. The molecule has 34 heavy (non-hydrogen) atoms. The van der Waals surface area contributed by atoms with E-state index >= 15 is 0 Å². The summed E-state index contributed by atoms with van der Waals surface area (Å²) in [5.74, 6) is 1.65. The molecule has 1 aliphatic rings. The number of anilines is 1. The van der Waals surface area contributed by atoms with Crippen LogP contribution in [0, 0.1) is 0 Å². The number of rotatable bonds is 7. The van der Waals surface area contributed by atoms with Gasteiger partial charge < -0.3 is 19.1 Å². The highest BCUT2D eigenvalue weighted by Crippen LogP contribution is 2.33. The quantitative estimate of drug-likeness (QED) is 0.552. The van der Waals surface area contributed by atoms with E-state index in [1.54, 1.807) is 55.5 Å². The number of nitrogens with one attached hydrogen (secondary N) is 1. The van der Waals surface area contributed by atoms with E-state index in [4.69, 9.17) is 14.2 Å². The molecule has 0 aromatic heterocycles. The molecule has 0 fully saturated rings. The van der Waals surface area contributed by atoms with E-state index in [1.807, 2.05) is 12.1 Å². The van der Waals surface area contributed by atoms with Gasteiger partial charge in [-0.15, -0.1) is 0 Å². The molecule has 3 aromatic carbocycles. The lowest BCUT2D eigenvalue weighted by Gasteiger charge is -2.29. The van der Waals surface area contributed by atoms with E-state index in [2.05, 4.69) is 4.72 Å². The lowest BCUT2D eigenvalue weighted by Crippen LogP contribution is -2.36. The molecule has 8 nitrogen and oxygen atoms in total. The Morgan fingerprint density at radius 1 is 0.882 bits per heavy atom. The number of methoxy groups -OCH3 is 3. The van der Waals surface area contributed by atoms with Gasteiger partial charge in [0.1, 0.15) is 5.75 Å². The van der Waals surface area contributed by atoms with Crippen LogP contribution in [0.1, 0.15) is 21.5 Å². The van der Waals surface area contributed by atoms with Gasteiger partial charge in [-0.25, -0.2) is 8.42 Å². The Bertz CT molecular complexity index is 1310. The molecular formula is C25H26N2O6S. The standard InChI is InChI=1S/C25H26N2O6S/c1-31-21-9-7-20(8-10-21)26-34(29,30)22-6-4-5-18(13-22)25(28)27-12-11-17-14-23(32-2)24(33-3)15-19(17)16-27/h4-10,13-15,26H,11-12,16H2,1-3H3. The third-order valence-corrected chi connectivity index (χ3v) is 7.12. The SMILES string of the molecule is COc1ccc(NS(=O)(=O)c2cccc(C(=O)N3CCc4cc(OC)c(OC)cc4C3)c2)cc1. The van der Waals surface area contributed by atoms with Gasteiger partial charge in [0, 0.05) is 24.3 Å². The van der Waals surface area contributed by atoms with Crippen LogP contribution < -0.4 is 18.9 Å². The molecule has 0 saturated heterocycles. The van der Waals surface area contributed by atoms with Gasteiger partial charge in [0.15, 0.2) is 11.5 Å². The Labute approximate surface area is 199 Å². The predicted molar refractivity (Wildman–Crippen MR) is 128 cm³/mol. The van der Waals surface area contributed by atoms with E-state index in [9.17, 15) is 13.2 Å². The summed E-state index contributed by atoms with van der Waals surface area (Å²) in [7, 11) is 0.823. The molecule has 0 bridgehead atoms. The molecule has 4 rings (SSSR count). The summed E-state index contributed by atoms with van der Waals surface area (Å²) in [6.45, 7) is 0.915. The number of hydrogen-bond donors (Lipinski definition) is 1. The van der Waals surface area contributed by atoms with Crippen molar-refractivity contribution in [2.75, 3.05) is 32.6 Å². The first-order valence-electron chi connectivity index (χ1n) is 10.6. The molecule has 3 aromatic rings. The molecule has 1 amide bonds. The van der Waals surface area contributed by atoms with E-state index in [0.717, 1.165) is 11.1 Å². The van der Waals surface area contributed by atoms with Crippen molar-refractivity contribution in [1.29, 1.82) is 0 Å². The van der Waals surface area contributed by atoms with Gasteiger partial charge in [-0.1, -0.05) is 6.07 Å². The fraction of sp³-hybridized carbons (Fsp3) is 0.240. The summed E-state index contributed by atoms with van der Waals surface area (Å²) in [4.78, 5) is 15.0. The number of amides is 1. The maximum absolute atomic E-state index is 13.2. The Morgan fingerprint density at radius 2 is 1.56 bits per heavy atom. The normalized spacial score (nSPS) is 13.1. The van der Waals surface area contributed by atoms with Crippen molar-refractivity contribution >= 4 is 21.6 Å². The highest BCUT2D eigenvalue weighted by atomic mass is 32.2. The number of fused-ring (bicyclic) bond motifs is 1. The molecule has 0 unspecified atom stereocenters. The van der Waals surface area contributed by atoms with Gasteiger partial charge >= 0.3 is 0 Å². The largest absolute Gasteiger partial charge is 0.497 e. The summed E-state index contributed by atoms with van der Waals surface area (Å²) in [6, 6.07) is 16.4. The van der Waals surface area contributed by atoms with Crippen LogP contribution in [0.25, 0.3) is 0 Å². The number of nitrogens with zero attached hydrogens (tertiary/aromatic N) is 1. The van der Waals surface area contributed by atoms with Crippen molar-refractivity contribution < 1.29 is 27.4 Å². The third-order valence-electron chi connectivity index (χ3n) is 5.74. The van der Waals surface area contributed by atoms with Gasteiger partial charge in [-0.05, 0) is 72.1 Å². The third kappa shape index (κ3) is 4.79. The first-order valence-corrected chi connectivity index (χ1v) is 12.1. The summed E-state index contributed by atoms with van der Waals surface area (Å²) >= 11 is 0. The molecule has 1 heterocycles. The minimum atomic E-state index is -3.88. The zero-order chi connectivity index (χ0) is 24.3. The van der Waals surface area contributed by atoms with Crippen molar-refractivity contribution in [3.05, 3.63) is 77.4 Å². The Hall–Kier alpha value is -3.72. The number of sulfonamides is 1. The second kappa shape index (κ2) is 9.64. The molecule has 0 radical (unpaired) electrons. The molecular weight excluding hydrogens is 456 g/mol. The number of hydrogen-bond acceptors (Lipinski definition) is 6. The monoisotopic (exact) mass is 482 g/mol. The van der Waals surface area contributed by atoms with Gasteiger partial charge in [0.05, 0.1) is 26.2 Å². The van der Waals surface area contributed by atoms with E-state index in [0.29, 0.717) is 48.0 Å². The van der Waals surface area contributed by atoms with Gasteiger partial charge in [-0.3, -0.25) is 9.52 Å². The molecule has 0 spiro atoms. The molecule has 0 saturated carbocycles. The van der Waals surface area contributed by atoms with E-state index in [-0.39, 0.29) is 10.8 Å². The minimum Gasteiger partial charge on any atom is -0.497 e. The average molecular weight is 483 g/mol. The van der Waals surface area contributed by atoms with Crippen molar-refractivity contribution in [3.8, 4) is 17.2 Å². The van der Waals surface area contributed by atoms with Gasteiger partial charge in [0.25, 0.3) is 15.9 Å². The first kappa shape index (κ1) is 23.4.